The van der Waals surface area contributed by atoms with Crippen molar-refractivity contribution in [3.8, 4) is 5.75 Å². The first kappa shape index (κ1) is 14.4. The molecular weight excluding hydrogens is 268 g/mol. The highest BCUT2D eigenvalue weighted by atomic mass is 16.5. The molecule has 3 N–H and O–H groups in total. The molecule has 0 radical (unpaired) electrons. The van der Waals surface area contributed by atoms with Gasteiger partial charge < -0.3 is 20.5 Å². The number of hydrogen-bond donors (Lipinski definition) is 2. The maximum atomic E-state index is 11.4. The van der Waals surface area contributed by atoms with Crippen molar-refractivity contribution in [1.29, 1.82) is 0 Å². The van der Waals surface area contributed by atoms with E-state index in [-0.39, 0.29) is 24.1 Å². The number of rotatable bonds is 3. The van der Waals surface area contributed by atoms with Crippen LogP contribution in [0.5, 0.6) is 5.75 Å². The number of fused-ring (bicyclic) bond motifs is 1. The number of amides is 1. The van der Waals surface area contributed by atoms with E-state index in [4.69, 9.17) is 15.2 Å². The summed E-state index contributed by atoms with van der Waals surface area (Å²) in [5.41, 5.74) is 8.39. The van der Waals surface area contributed by atoms with Crippen LogP contribution in [0.25, 0.3) is 0 Å². The molecule has 0 saturated carbocycles. The van der Waals surface area contributed by atoms with Crippen molar-refractivity contribution in [2.75, 3.05) is 13.2 Å². The lowest BCUT2D eigenvalue weighted by atomic mass is 9.93. The van der Waals surface area contributed by atoms with Crippen LogP contribution in [0.3, 0.4) is 0 Å². The fourth-order valence-electron chi connectivity index (χ4n) is 3.12. The first-order valence-corrected chi connectivity index (χ1v) is 7.56. The van der Waals surface area contributed by atoms with Gasteiger partial charge in [-0.3, -0.25) is 4.79 Å². The molecule has 3 atom stereocenters. The van der Waals surface area contributed by atoms with E-state index >= 15 is 0 Å². The first-order chi connectivity index (χ1) is 10.1. The summed E-state index contributed by atoms with van der Waals surface area (Å²) in [4.78, 5) is 11.4. The monoisotopic (exact) mass is 290 g/mol. The van der Waals surface area contributed by atoms with E-state index < -0.39 is 0 Å². The van der Waals surface area contributed by atoms with Crippen LogP contribution in [0.15, 0.2) is 18.2 Å². The number of nitrogens with one attached hydrogen (secondary N) is 1. The Morgan fingerprint density at radius 1 is 1.38 bits per heavy atom. The standard InChI is InChI=1S/C16H22N2O3/c1-10(19)18-13-6-8-21-14-5-4-11(9-12(13)14)16(17)15-3-2-7-20-15/h4-5,9,13,15-16H,2-3,6-8,17H2,1H3,(H,18,19). The topological polar surface area (TPSA) is 73.6 Å². The van der Waals surface area contributed by atoms with E-state index in [9.17, 15) is 4.79 Å². The zero-order valence-corrected chi connectivity index (χ0v) is 12.3. The van der Waals surface area contributed by atoms with Gasteiger partial charge in [0.1, 0.15) is 5.75 Å². The largest absolute Gasteiger partial charge is 0.493 e. The number of benzene rings is 1. The zero-order chi connectivity index (χ0) is 14.8. The second kappa shape index (κ2) is 6.03. The number of carbonyl (C=O) groups is 1. The molecule has 0 aliphatic carbocycles. The van der Waals surface area contributed by atoms with Crippen molar-refractivity contribution in [1.82, 2.24) is 5.32 Å². The fourth-order valence-corrected chi connectivity index (χ4v) is 3.12. The Labute approximate surface area is 124 Å². The van der Waals surface area contributed by atoms with Crippen molar-refractivity contribution in [2.45, 2.75) is 44.4 Å². The van der Waals surface area contributed by atoms with Gasteiger partial charge in [-0.2, -0.15) is 0 Å². The third-order valence-electron chi connectivity index (χ3n) is 4.20. The molecule has 2 heterocycles. The molecule has 5 nitrogen and oxygen atoms in total. The summed E-state index contributed by atoms with van der Waals surface area (Å²) in [6.45, 7) is 2.95. The molecule has 1 aromatic carbocycles. The number of carbonyl (C=O) groups excluding carboxylic acids is 1. The molecule has 0 aromatic heterocycles. The lowest BCUT2D eigenvalue weighted by molar-refractivity contribution is -0.119. The second-order valence-electron chi connectivity index (χ2n) is 5.76. The first-order valence-electron chi connectivity index (χ1n) is 7.56. The van der Waals surface area contributed by atoms with E-state index in [1.54, 1.807) is 0 Å². The molecule has 3 unspecified atom stereocenters. The molecule has 5 heteroatoms. The van der Waals surface area contributed by atoms with Gasteiger partial charge in [0.05, 0.1) is 24.8 Å². The van der Waals surface area contributed by atoms with Crippen LogP contribution >= 0.6 is 0 Å². The number of nitrogens with two attached hydrogens (primary N) is 1. The van der Waals surface area contributed by atoms with Gasteiger partial charge in [-0.1, -0.05) is 6.07 Å². The van der Waals surface area contributed by atoms with Crippen molar-refractivity contribution in [3.63, 3.8) is 0 Å². The SMILES string of the molecule is CC(=O)NC1CCOc2ccc(C(N)C3CCCO3)cc21. The van der Waals surface area contributed by atoms with E-state index in [0.717, 1.165) is 42.7 Å². The van der Waals surface area contributed by atoms with Gasteiger partial charge in [0.15, 0.2) is 0 Å². The minimum atomic E-state index is -0.127. The summed E-state index contributed by atoms with van der Waals surface area (Å²) in [5, 5.41) is 2.98. The summed E-state index contributed by atoms with van der Waals surface area (Å²) in [7, 11) is 0. The predicted molar refractivity (Wildman–Crippen MR) is 79.0 cm³/mol. The Morgan fingerprint density at radius 3 is 2.95 bits per heavy atom. The molecule has 1 fully saturated rings. The van der Waals surface area contributed by atoms with Crippen LogP contribution in [-0.2, 0) is 9.53 Å². The van der Waals surface area contributed by atoms with Crippen LogP contribution in [0.1, 0.15) is 49.4 Å². The summed E-state index contributed by atoms with van der Waals surface area (Å²) in [5.74, 6) is 0.810. The Morgan fingerprint density at radius 2 is 2.24 bits per heavy atom. The Hall–Kier alpha value is -1.59. The third-order valence-corrected chi connectivity index (χ3v) is 4.20. The highest BCUT2D eigenvalue weighted by molar-refractivity contribution is 5.73. The fraction of sp³-hybridized carbons (Fsp3) is 0.562. The van der Waals surface area contributed by atoms with E-state index in [2.05, 4.69) is 11.4 Å². The lowest BCUT2D eigenvalue weighted by Gasteiger charge is -2.28. The van der Waals surface area contributed by atoms with Crippen molar-refractivity contribution < 1.29 is 14.3 Å². The predicted octanol–water partition coefficient (Wildman–Crippen LogP) is 1.83. The van der Waals surface area contributed by atoms with Crippen LogP contribution < -0.4 is 15.8 Å². The van der Waals surface area contributed by atoms with Gasteiger partial charge in [0, 0.05) is 25.5 Å². The minimum absolute atomic E-state index is 0.00268. The second-order valence-corrected chi connectivity index (χ2v) is 5.76. The van der Waals surface area contributed by atoms with Gasteiger partial charge in [0.25, 0.3) is 0 Å². The summed E-state index contributed by atoms with van der Waals surface area (Å²) in [6.07, 6.45) is 2.95. The lowest BCUT2D eigenvalue weighted by Crippen LogP contribution is -2.31. The molecule has 0 spiro atoms. The molecule has 1 saturated heterocycles. The van der Waals surface area contributed by atoms with Gasteiger partial charge in [-0.05, 0) is 30.5 Å². The van der Waals surface area contributed by atoms with Gasteiger partial charge in [0.2, 0.25) is 5.91 Å². The van der Waals surface area contributed by atoms with Gasteiger partial charge >= 0.3 is 0 Å². The number of hydrogen-bond acceptors (Lipinski definition) is 4. The molecule has 114 valence electrons. The van der Waals surface area contributed by atoms with E-state index in [1.165, 1.54) is 6.92 Å². The molecule has 2 aliphatic rings. The molecule has 2 aliphatic heterocycles. The smallest absolute Gasteiger partial charge is 0.217 e. The molecular formula is C16H22N2O3. The molecule has 21 heavy (non-hydrogen) atoms. The van der Waals surface area contributed by atoms with Crippen molar-refractivity contribution >= 4 is 5.91 Å². The molecule has 0 bridgehead atoms. The van der Waals surface area contributed by atoms with Crippen LogP contribution in [0.4, 0.5) is 0 Å². The maximum Gasteiger partial charge on any atom is 0.217 e. The number of ether oxygens (including phenoxy) is 2. The minimum Gasteiger partial charge on any atom is -0.493 e. The molecule has 1 aromatic rings. The van der Waals surface area contributed by atoms with Crippen LogP contribution in [0.2, 0.25) is 0 Å². The zero-order valence-electron chi connectivity index (χ0n) is 12.3. The highest BCUT2D eigenvalue weighted by Crippen LogP contribution is 2.35. The highest BCUT2D eigenvalue weighted by Gasteiger charge is 2.27. The quantitative estimate of drug-likeness (QED) is 0.890. The summed E-state index contributed by atoms with van der Waals surface area (Å²) in [6, 6.07) is 5.89. The average Bonchev–Trinajstić information content (AvgIpc) is 3.00. The van der Waals surface area contributed by atoms with Crippen LogP contribution in [-0.4, -0.2) is 25.2 Å². The Kier molecular flexibility index (Phi) is 4.12. The van der Waals surface area contributed by atoms with E-state index in [1.807, 2.05) is 12.1 Å². The van der Waals surface area contributed by atoms with Crippen molar-refractivity contribution in [3.05, 3.63) is 29.3 Å². The third kappa shape index (κ3) is 3.04. The summed E-state index contributed by atoms with van der Waals surface area (Å²) >= 11 is 0. The molecule has 3 rings (SSSR count). The average molecular weight is 290 g/mol. The van der Waals surface area contributed by atoms with Gasteiger partial charge in [-0.15, -0.1) is 0 Å². The van der Waals surface area contributed by atoms with E-state index in [0.29, 0.717) is 6.61 Å². The maximum absolute atomic E-state index is 11.4. The van der Waals surface area contributed by atoms with Gasteiger partial charge in [-0.25, -0.2) is 0 Å². The molecule has 1 amide bonds. The Bertz CT molecular complexity index is 526. The van der Waals surface area contributed by atoms with Crippen molar-refractivity contribution in [2.24, 2.45) is 5.73 Å². The summed E-state index contributed by atoms with van der Waals surface area (Å²) < 4.78 is 11.4. The normalized spacial score (nSPS) is 25.8. The Balaban J connectivity index is 1.85. The van der Waals surface area contributed by atoms with Crippen LogP contribution in [0, 0.1) is 0 Å².